The molecule has 1 aliphatic carbocycles. The zero-order valence-corrected chi connectivity index (χ0v) is 8.14. The van der Waals surface area contributed by atoms with Crippen LogP contribution < -0.4 is 0 Å². The van der Waals surface area contributed by atoms with E-state index in [0.717, 1.165) is 0 Å². The molecule has 11 heavy (non-hydrogen) atoms. The van der Waals surface area contributed by atoms with E-state index < -0.39 is 0 Å². The molecule has 1 aromatic rings. The molecule has 0 aromatic carbocycles. The first-order valence-electron chi connectivity index (χ1n) is 3.74. The molecule has 58 valence electrons. The van der Waals surface area contributed by atoms with Crippen LogP contribution in [0.15, 0.2) is 17.0 Å². The molecule has 0 atom stereocenters. The van der Waals surface area contributed by atoms with Gasteiger partial charge in [-0.15, -0.1) is 24.0 Å². The number of aryl methyl sites for hydroxylation is 1. The van der Waals surface area contributed by atoms with Crippen LogP contribution in [0.3, 0.4) is 0 Å². The number of fused-ring (bicyclic) bond motifs is 1. The lowest BCUT2D eigenvalue weighted by Gasteiger charge is -2.13. The maximum atomic E-state index is 4.49. The molecule has 0 unspecified atom stereocenters. The molecular formula is C9H10S2. The molecule has 2 rings (SSSR count). The highest BCUT2D eigenvalue weighted by Crippen LogP contribution is 2.36. The molecule has 0 bridgehead atoms. The second-order valence-electron chi connectivity index (χ2n) is 2.90. The Balaban J connectivity index is 2.57. The fourth-order valence-corrected chi connectivity index (χ4v) is 2.76. The minimum Gasteiger partial charge on any atom is -0.143 e. The van der Waals surface area contributed by atoms with Gasteiger partial charge in [0.25, 0.3) is 0 Å². The van der Waals surface area contributed by atoms with Gasteiger partial charge < -0.3 is 0 Å². The van der Waals surface area contributed by atoms with E-state index in [1.54, 1.807) is 11.3 Å². The highest BCUT2D eigenvalue weighted by molar-refractivity contribution is 7.90. The predicted octanol–water partition coefficient (Wildman–Crippen LogP) is 3.36. The summed E-state index contributed by atoms with van der Waals surface area (Å²) in [6.07, 6.45) is 2.39. The van der Waals surface area contributed by atoms with Crippen molar-refractivity contribution in [2.45, 2.75) is 19.8 Å². The zero-order valence-electron chi connectivity index (χ0n) is 6.42. The second kappa shape index (κ2) is 2.68. The topological polar surface area (TPSA) is 0 Å². The molecule has 0 aliphatic heterocycles. The lowest BCUT2D eigenvalue weighted by Crippen LogP contribution is -1.95. The van der Waals surface area contributed by atoms with Crippen molar-refractivity contribution in [2.75, 3.05) is 0 Å². The van der Waals surface area contributed by atoms with E-state index in [0.29, 0.717) is 0 Å². The van der Waals surface area contributed by atoms with Crippen molar-refractivity contribution in [3.63, 3.8) is 0 Å². The monoisotopic (exact) mass is 182 g/mol. The summed E-state index contributed by atoms with van der Waals surface area (Å²) < 4.78 is 0. The molecule has 0 saturated heterocycles. The summed E-state index contributed by atoms with van der Waals surface area (Å²) in [7, 11) is 0. The molecule has 0 N–H and O–H groups in total. The van der Waals surface area contributed by atoms with Gasteiger partial charge in [0.2, 0.25) is 0 Å². The average Bonchev–Trinajstić information content (AvgIpc) is 2.45. The fourth-order valence-electron chi connectivity index (χ4n) is 1.37. The fraction of sp³-hybridized carbons (Fsp3) is 0.333. The van der Waals surface area contributed by atoms with Gasteiger partial charge in [-0.25, -0.2) is 0 Å². The Hall–Kier alpha value is -0.210. The van der Waals surface area contributed by atoms with Crippen LogP contribution >= 0.6 is 24.0 Å². The van der Waals surface area contributed by atoms with E-state index in [9.17, 15) is 0 Å². The van der Waals surface area contributed by atoms with Gasteiger partial charge in [0.1, 0.15) is 0 Å². The van der Waals surface area contributed by atoms with Gasteiger partial charge in [0, 0.05) is 9.78 Å². The van der Waals surface area contributed by atoms with Gasteiger partial charge in [0.05, 0.1) is 0 Å². The minimum atomic E-state index is 1.18. The molecule has 0 spiro atoms. The molecule has 1 aromatic heterocycles. The second-order valence-corrected chi connectivity index (χ2v) is 4.27. The number of thiophene rings is 1. The summed E-state index contributed by atoms with van der Waals surface area (Å²) in [5.41, 5.74) is 2.91. The van der Waals surface area contributed by atoms with Crippen LogP contribution in [0.5, 0.6) is 0 Å². The van der Waals surface area contributed by atoms with Gasteiger partial charge >= 0.3 is 0 Å². The summed E-state index contributed by atoms with van der Waals surface area (Å²) in [5, 5.41) is 2.15. The van der Waals surface area contributed by atoms with Gasteiger partial charge in [-0.3, -0.25) is 0 Å². The molecule has 1 heterocycles. The van der Waals surface area contributed by atoms with Crippen LogP contribution in [0, 0.1) is 0 Å². The first-order chi connectivity index (χ1) is 5.29. The van der Waals surface area contributed by atoms with Crippen LogP contribution in [0.1, 0.15) is 23.8 Å². The molecule has 0 fully saturated rings. The smallest absolute Gasteiger partial charge is 0.0435 e. The molecule has 0 amide bonds. The molecule has 0 saturated carbocycles. The van der Waals surface area contributed by atoms with E-state index in [2.05, 4.69) is 31.0 Å². The third-order valence-corrected chi connectivity index (χ3v) is 3.87. The average molecular weight is 182 g/mol. The molecular weight excluding hydrogens is 172 g/mol. The Labute approximate surface area is 76.4 Å². The lowest BCUT2D eigenvalue weighted by atomic mass is 9.99. The highest BCUT2D eigenvalue weighted by atomic mass is 32.1. The van der Waals surface area contributed by atoms with Crippen LogP contribution in [-0.2, 0) is 6.42 Å². The molecule has 0 nitrogen and oxygen atoms in total. The predicted molar refractivity (Wildman–Crippen MR) is 54.2 cm³/mol. The van der Waals surface area contributed by atoms with E-state index in [4.69, 9.17) is 0 Å². The normalized spacial score (nSPS) is 16.9. The Morgan fingerprint density at radius 2 is 2.27 bits per heavy atom. The number of rotatable bonds is 0. The summed E-state index contributed by atoms with van der Waals surface area (Å²) in [5.74, 6) is 0. The number of hydrogen-bond donors (Lipinski definition) is 1. The van der Waals surface area contributed by atoms with Gasteiger partial charge in [-0.1, -0.05) is 5.57 Å². The zero-order chi connectivity index (χ0) is 7.84. The van der Waals surface area contributed by atoms with Gasteiger partial charge in [0.15, 0.2) is 0 Å². The first-order valence-corrected chi connectivity index (χ1v) is 5.07. The lowest BCUT2D eigenvalue weighted by molar-refractivity contribution is 0.934. The molecule has 2 heteroatoms. The highest BCUT2D eigenvalue weighted by Gasteiger charge is 2.14. The first kappa shape index (κ1) is 7.44. The van der Waals surface area contributed by atoms with E-state index >= 15 is 0 Å². The Morgan fingerprint density at radius 3 is 3.09 bits per heavy atom. The van der Waals surface area contributed by atoms with Crippen molar-refractivity contribution in [3.05, 3.63) is 27.5 Å². The van der Waals surface area contributed by atoms with E-state index in [1.807, 2.05) is 0 Å². The van der Waals surface area contributed by atoms with Crippen LogP contribution in [0.2, 0.25) is 0 Å². The Bertz CT molecular complexity index is 307. The van der Waals surface area contributed by atoms with Crippen molar-refractivity contribution in [1.82, 2.24) is 0 Å². The third kappa shape index (κ3) is 1.14. The van der Waals surface area contributed by atoms with Gasteiger partial charge in [-0.05, 0) is 36.8 Å². The van der Waals surface area contributed by atoms with Gasteiger partial charge in [-0.2, -0.15) is 0 Å². The van der Waals surface area contributed by atoms with E-state index in [-0.39, 0.29) is 0 Å². The largest absolute Gasteiger partial charge is 0.143 e. The minimum absolute atomic E-state index is 1.18. The standard InChI is InChI=1S/C9H10S2/c1-6-2-3-7-4-5-11-9(7)8(6)10/h4-5,10H,2-3H2,1H3. The van der Waals surface area contributed by atoms with Crippen molar-refractivity contribution in [3.8, 4) is 0 Å². The Morgan fingerprint density at radius 1 is 1.45 bits per heavy atom. The van der Waals surface area contributed by atoms with Crippen LogP contribution in [0.4, 0.5) is 0 Å². The van der Waals surface area contributed by atoms with Crippen molar-refractivity contribution in [2.24, 2.45) is 0 Å². The number of thiol groups is 1. The maximum absolute atomic E-state index is 4.49. The van der Waals surface area contributed by atoms with Crippen molar-refractivity contribution < 1.29 is 0 Å². The van der Waals surface area contributed by atoms with Crippen molar-refractivity contribution >= 4 is 28.9 Å². The maximum Gasteiger partial charge on any atom is 0.0435 e. The molecule has 1 aliphatic rings. The van der Waals surface area contributed by atoms with Crippen molar-refractivity contribution in [1.29, 1.82) is 0 Å². The molecule has 0 radical (unpaired) electrons. The summed E-state index contributed by atoms with van der Waals surface area (Å²) in [6, 6.07) is 2.21. The van der Waals surface area contributed by atoms with Crippen LogP contribution in [0.25, 0.3) is 4.91 Å². The van der Waals surface area contributed by atoms with E-state index in [1.165, 1.54) is 33.8 Å². The summed E-state index contributed by atoms with van der Waals surface area (Å²) in [6.45, 7) is 2.17. The number of allylic oxidation sites excluding steroid dienone is 1. The third-order valence-electron chi connectivity index (χ3n) is 2.14. The Kier molecular flexibility index (Phi) is 1.81. The summed E-state index contributed by atoms with van der Waals surface area (Å²) >= 11 is 6.29. The summed E-state index contributed by atoms with van der Waals surface area (Å²) in [4.78, 5) is 2.60. The quantitative estimate of drug-likeness (QED) is 0.584. The number of hydrogen-bond acceptors (Lipinski definition) is 2. The van der Waals surface area contributed by atoms with Crippen LogP contribution in [-0.4, -0.2) is 0 Å². The SMILES string of the molecule is CC1=C(S)c2sccc2CC1.